The zero-order valence-electron chi connectivity index (χ0n) is 16.1. The number of benzene rings is 5. The average molecular weight is 531 g/mol. The van der Waals surface area contributed by atoms with E-state index < -0.39 is 0 Å². The van der Waals surface area contributed by atoms with Gasteiger partial charge in [0, 0.05) is 14.1 Å². The first-order valence-corrected chi connectivity index (χ1v) is 17.5. The molecule has 0 atom stereocenters. The lowest BCUT2D eigenvalue weighted by molar-refractivity contribution is -0.0979. The van der Waals surface area contributed by atoms with Gasteiger partial charge in [0.2, 0.25) is 0 Å². The van der Waals surface area contributed by atoms with Crippen LogP contribution in [0.2, 0.25) is 0 Å². The van der Waals surface area contributed by atoms with Gasteiger partial charge in [-0.15, -0.1) is 0 Å². The first-order chi connectivity index (χ1) is 15.3. The van der Waals surface area contributed by atoms with Crippen LogP contribution in [0.5, 0.6) is 0 Å². The maximum Gasteiger partial charge on any atom is 0.106 e. The summed E-state index contributed by atoms with van der Waals surface area (Å²) in [6, 6.07) is 30.9. The number of carbonyl (C=O) groups excluding carboxylic acids is 1. The van der Waals surface area contributed by atoms with Crippen LogP contribution in [0, 0.1) is 0 Å². The fraction of sp³-hybridized carbons (Fsp3) is 0. The van der Waals surface area contributed by atoms with Crippen LogP contribution in [0.3, 0.4) is 0 Å². The molecule has 0 N–H and O–H groups in total. The highest BCUT2D eigenvalue weighted by Crippen LogP contribution is 2.30. The summed E-state index contributed by atoms with van der Waals surface area (Å²) < 4.78 is 0. The molecule has 0 radical (unpaired) electrons. The molecule has 31 heavy (non-hydrogen) atoms. The van der Waals surface area contributed by atoms with Crippen LogP contribution < -0.4 is 0 Å². The van der Waals surface area contributed by atoms with Crippen molar-refractivity contribution >= 4 is 114 Å². The second kappa shape index (κ2) is 12.5. The number of hydrogen-bond acceptors (Lipinski definition) is 3. The zero-order valence-corrected chi connectivity index (χ0v) is 22.0. The van der Waals surface area contributed by atoms with Crippen LogP contribution in [-0.2, 0) is 55.0 Å². The predicted octanol–water partition coefficient (Wildman–Crippen LogP) is 7.82. The van der Waals surface area contributed by atoms with Gasteiger partial charge < -0.3 is 4.79 Å². The van der Waals surface area contributed by atoms with Gasteiger partial charge in [-0.3, -0.25) is 0 Å². The van der Waals surface area contributed by atoms with Gasteiger partial charge in [-0.2, -0.15) is 0 Å². The highest BCUT2D eigenvalue weighted by Gasteiger charge is 2.02. The fourth-order valence-electron chi connectivity index (χ4n) is 3.43. The van der Waals surface area contributed by atoms with Crippen molar-refractivity contribution < 1.29 is 4.79 Å². The molecule has 5 rings (SSSR count). The Bertz CT molecular complexity index is 1350. The van der Waals surface area contributed by atoms with E-state index in [1.165, 1.54) is 59.0 Å². The standard InChI is InChI=1S/C22H14.CH2O.P2S5/c1-2-6-16-10-20-14-22-12-18-8-4-3-7-17(18)11-21(22)13-19(20)9-15(16)5-1;1-2;3-1-2-5-7-6-4/h1-14H;1H2;. The van der Waals surface area contributed by atoms with E-state index in [4.69, 9.17) is 4.79 Å². The predicted molar refractivity (Wildman–Crippen MR) is 154 cm³/mol. The molecule has 0 heterocycles. The monoisotopic (exact) mass is 530 g/mol. The van der Waals surface area contributed by atoms with Crippen LogP contribution >= 0.6 is 14.1 Å². The van der Waals surface area contributed by atoms with Crippen molar-refractivity contribution in [3.63, 3.8) is 0 Å². The fourth-order valence-corrected chi connectivity index (χ4v) is 13.0. The molecule has 0 spiro atoms. The van der Waals surface area contributed by atoms with Gasteiger partial charge in [0.1, 0.15) is 6.79 Å². The average Bonchev–Trinajstić information content (AvgIpc) is 2.82. The Labute approximate surface area is 202 Å². The number of rotatable bonds is 1. The SMILES string of the molecule is C=O.S=PP=S=S=S=S.c1ccc2cc3cc4cc5ccccc5cc4cc3cc2c1. The summed E-state index contributed by atoms with van der Waals surface area (Å²) in [6.07, 6.45) is 0. The first kappa shape index (κ1) is 24.2. The van der Waals surface area contributed by atoms with E-state index in [1.54, 1.807) is 18.4 Å². The summed E-state index contributed by atoms with van der Waals surface area (Å²) >= 11 is 9.23. The molecule has 1 nitrogen and oxygen atoms in total. The normalized spacial score (nSPS) is 10.3. The molecular formula is C23H16OP2S5. The van der Waals surface area contributed by atoms with Gasteiger partial charge >= 0.3 is 0 Å². The Kier molecular flexibility index (Phi) is 9.76. The molecule has 0 aliphatic rings. The lowest BCUT2D eigenvalue weighted by Gasteiger charge is -2.07. The molecule has 0 aliphatic carbocycles. The maximum atomic E-state index is 8.00. The van der Waals surface area contributed by atoms with E-state index in [-0.39, 0.29) is 0 Å². The van der Waals surface area contributed by atoms with E-state index in [9.17, 15) is 0 Å². The Balaban J connectivity index is 0.000000262. The van der Waals surface area contributed by atoms with Crippen LogP contribution in [0.4, 0.5) is 0 Å². The lowest BCUT2D eigenvalue weighted by Crippen LogP contribution is -1.80. The Morgan fingerprint density at radius 2 is 0.935 bits per heavy atom. The summed E-state index contributed by atoms with van der Waals surface area (Å²) in [5.74, 6) is 0. The molecule has 0 saturated heterocycles. The number of hydrogen-bond donors (Lipinski definition) is 0. The minimum Gasteiger partial charge on any atom is -0.307 e. The van der Waals surface area contributed by atoms with Gasteiger partial charge in [0.15, 0.2) is 0 Å². The van der Waals surface area contributed by atoms with E-state index in [2.05, 4.69) is 108 Å². The van der Waals surface area contributed by atoms with Gasteiger partial charge in [-0.05, 0) is 130 Å². The summed E-state index contributed by atoms with van der Waals surface area (Å²) in [6.45, 7) is 2.00. The number of fused-ring (bicyclic) bond motifs is 4. The molecule has 0 unspecified atom stereocenters. The van der Waals surface area contributed by atoms with Crippen molar-refractivity contribution in [3.8, 4) is 0 Å². The van der Waals surface area contributed by atoms with Gasteiger partial charge in [-0.1, -0.05) is 48.5 Å². The summed E-state index contributed by atoms with van der Waals surface area (Å²) in [7, 11) is 6.83. The van der Waals surface area contributed by atoms with Crippen molar-refractivity contribution in [2.45, 2.75) is 0 Å². The van der Waals surface area contributed by atoms with E-state index in [0.29, 0.717) is 0 Å². The van der Waals surface area contributed by atoms with Crippen LogP contribution in [-0.4, -0.2) is 6.79 Å². The Morgan fingerprint density at radius 1 is 0.613 bits per heavy atom. The van der Waals surface area contributed by atoms with Gasteiger partial charge in [-0.25, -0.2) is 0 Å². The molecule has 5 aromatic rings. The zero-order chi connectivity index (χ0) is 22.1. The molecular weight excluding hydrogens is 515 g/mol. The molecule has 8 heteroatoms. The highest BCUT2D eigenvalue weighted by molar-refractivity contribution is 8.63. The third-order valence-corrected chi connectivity index (χ3v) is 14.6. The topological polar surface area (TPSA) is 17.1 Å². The molecule has 0 fully saturated rings. The first-order valence-electron chi connectivity index (χ1n) is 8.97. The molecule has 154 valence electrons. The van der Waals surface area contributed by atoms with Crippen molar-refractivity contribution in [1.82, 2.24) is 0 Å². The van der Waals surface area contributed by atoms with Crippen molar-refractivity contribution in [1.29, 1.82) is 0 Å². The molecule has 0 bridgehead atoms. The molecule has 0 aromatic heterocycles. The van der Waals surface area contributed by atoms with Crippen molar-refractivity contribution in [2.75, 3.05) is 0 Å². The molecule has 0 aliphatic heterocycles. The second-order valence-electron chi connectivity index (χ2n) is 6.32. The van der Waals surface area contributed by atoms with E-state index in [0.717, 1.165) is 7.04 Å². The largest absolute Gasteiger partial charge is 0.307 e. The maximum absolute atomic E-state index is 8.00. The lowest BCUT2D eigenvalue weighted by atomic mass is 9.97. The number of carbonyl (C=O) groups is 1. The smallest absolute Gasteiger partial charge is 0.106 e. The van der Waals surface area contributed by atoms with Crippen LogP contribution in [0.1, 0.15) is 0 Å². The van der Waals surface area contributed by atoms with Gasteiger partial charge in [0.25, 0.3) is 0 Å². The van der Waals surface area contributed by atoms with Crippen LogP contribution in [0.15, 0.2) is 84.9 Å². The second-order valence-corrected chi connectivity index (χ2v) is 16.0. The highest BCUT2D eigenvalue weighted by atomic mass is 33.3. The van der Waals surface area contributed by atoms with Crippen molar-refractivity contribution in [2.24, 2.45) is 0 Å². The molecule has 0 amide bonds. The van der Waals surface area contributed by atoms with Crippen LogP contribution in [0.25, 0.3) is 43.1 Å². The minimum atomic E-state index is 0.993. The summed E-state index contributed by atoms with van der Waals surface area (Å²) in [5, 5.41) is 10.4. The third-order valence-electron chi connectivity index (χ3n) is 4.65. The molecule has 5 aromatic carbocycles. The van der Waals surface area contributed by atoms with E-state index >= 15 is 0 Å². The quantitative estimate of drug-likeness (QED) is 0.162. The Hall–Kier alpha value is -1.49. The summed E-state index contributed by atoms with van der Waals surface area (Å²) in [4.78, 5) is 8.00. The molecule has 0 saturated carbocycles. The minimum absolute atomic E-state index is 0.993. The van der Waals surface area contributed by atoms with E-state index in [1.807, 2.05) is 6.79 Å². The van der Waals surface area contributed by atoms with Crippen molar-refractivity contribution in [3.05, 3.63) is 84.9 Å². The third kappa shape index (κ3) is 6.27. The Morgan fingerprint density at radius 3 is 1.23 bits per heavy atom. The summed E-state index contributed by atoms with van der Waals surface area (Å²) in [5.41, 5.74) is 0. The van der Waals surface area contributed by atoms with Gasteiger partial charge in [0.05, 0.1) is 0 Å².